The maximum absolute atomic E-state index is 13.3. The number of halogens is 1. The number of hydrogen-bond donors (Lipinski definition) is 1. The van der Waals surface area contributed by atoms with E-state index in [4.69, 9.17) is 4.74 Å². The molecule has 0 radical (unpaired) electrons. The Balaban J connectivity index is 1.67. The smallest absolute Gasteiger partial charge is 0.231 e. The van der Waals surface area contributed by atoms with E-state index < -0.39 is 5.41 Å². The molecule has 2 heterocycles. The standard InChI is InChI=1S/C21H29BrN2O3/c1-15(2)19(25)24-11-7-18(8-12-24)23-20(26)21(9-13-27-14-10-21)16-3-5-17(22)6-4-16/h3-6,15,18H,7-14H2,1-2H3,(H,23,26). The first-order valence-corrected chi connectivity index (χ1v) is 10.7. The van der Waals surface area contributed by atoms with Crippen LogP contribution in [0.4, 0.5) is 0 Å². The summed E-state index contributed by atoms with van der Waals surface area (Å²) in [6, 6.07) is 8.20. The number of piperidine rings is 1. The molecule has 2 aliphatic rings. The Labute approximate surface area is 170 Å². The monoisotopic (exact) mass is 436 g/mol. The van der Waals surface area contributed by atoms with E-state index in [-0.39, 0.29) is 23.8 Å². The van der Waals surface area contributed by atoms with Crippen molar-refractivity contribution >= 4 is 27.7 Å². The number of amides is 2. The number of rotatable bonds is 4. The lowest BCUT2D eigenvalue weighted by molar-refractivity contribution is -0.136. The fraction of sp³-hybridized carbons (Fsp3) is 0.619. The van der Waals surface area contributed by atoms with Crippen LogP contribution in [0.25, 0.3) is 0 Å². The highest BCUT2D eigenvalue weighted by Gasteiger charge is 2.42. The minimum Gasteiger partial charge on any atom is -0.381 e. The average Bonchev–Trinajstić information content (AvgIpc) is 2.69. The van der Waals surface area contributed by atoms with Gasteiger partial charge < -0.3 is 15.0 Å². The number of ether oxygens (including phenoxy) is 1. The SMILES string of the molecule is CC(C)C(=O)N1CCC(NC(=O)C2(c3ccc(Br)cc3)CCOCC2)CC1. The van der Waals surface area contributed by atoms with Gasteiger partial charge in [-0.1, -0.05) is 41.9 Å². The summed E-state index contributed by atoms with van der Waals surface area (Å²) in [4.78, 5) is 27.4. The molecule has 1 aromatic rings. The zero-order valence-corrected chi connectivity index (χ0v) is 17.8. The normalized spacial score (nSPS) is 20.5. The van der Waals surface area contributed by atoms with E-state index in [0.717, 1.165) is 36.0 Å². The Morgan fingerprint density at radius 1 is 1.15 bits per heavy atom. The van der Waals surface area contributed by atoms with Crippen LogP contribution >= 0.6 is 15.9 Å². The second-order valence-corrected chi connectivity index (χ2v) is 8.84. The predicted octanol–water partition coefficient (Wildman–Crippen LogP) is 3.26. The van der Waals surface area contributed by atoms with Crippen LogP contribution in [0, 0.1) is 5.92 Å². The summed E-state index contributed by atoms with van der Waals surface area (Å²) in [5.41, 5.74) is 0.531. The van der Waals surface area contributed by atoms with Crippen molar-refractivity contribution < 1.29 is 14.3 Å². The minimum absolute atomic E-state index is 0.0269. The first kappa shape index (κ1) is 20.3. The second kappa shape index (κ2) is 8.74. The van der Waals surface area contributed by atoms with E-state index in [1.165, 1.54) is 0 Å². The number of likely N-dealkylation sites (tertiary alicyclic amines) is 1. The summed E-state index contributed by atoms with van der Waals surface area (Å²) in [7, 11) is 0. The van der Waals surface area contributed by atoms with Gasteiger partial charge in [0.25, 0.3) is 0 Å². The third-order valence-electron chi connectivity index (χ3n) is 5.81. The molecule has 0 unspecified atom stereocenters. The van der Waals surface area contributed by atoms with Crippen LogP contribution in [0.1, 0.15) is 45.1 Å². The molecule has 27 heavy (non-hydrogen) atoms. The van der Waals surface area contributed by atoms with Gasteiger partial charge in [0.2, 0.25) is 11.8 Å². The number of benzene rings is 1. The number of nitrogens with zero attached hydrogens (tertiary/aromatic N) is 1. The number of nitrogens with one attached hydrogen (secondary N) is 1. The van der Waals surface area contributed by atoms with E-state index in [1.807, 2.05) is 43.0 Å². The molecule has 0 atom stereocenters. The Morgan fingerprint density at radius 2 is 1.74 bits per heavy atom. The largest absolute Gasteiger partial charge is 0.381 e. The van der Waals surface area contributed by atoms with Gasteiger partial charge in [0.05, 0.1) is 5.41 Å². The molecule has 2 aliphatic heterocycles. The van der Waals surface area contributed by atoms with Crippen LogP contribution in [0.15, 0.2) is 28.7 Å². The molecule has 2 amide bonds. The lowest BCUT2D eigenvalue weighted by Crippen LogP contribution is -2.54. The van der Waals surface area contributed by atoms with Gasteiger partial charge >= 0.3 is 0 Å². The molecule has 0 aromatic heterocycles. The topological polar surface area (TPSA) is 58.6 Å². The highest BCUT2D eigenvalue weighted by atomic mass is 79.9. The van der Waals surface area contributed by atoms with E-state index >= 15 is 0 Å². The molecule has 5 nitrogen and oxygen atoms in total. The molecule has 2 fully saturated rings. The molecule has 0 aliphatic carbocycles. The maximum atomic E-state index is 13.3. The van der Waals surface area contributed by atoms with Gasteiger partial charge in [-0.15, -0.1) is 0 Å². The third kappa shape index (κ3) is 4.54. The lowest BCUT2D eigenvalue weighted by Gasteiger charge is -2.39. The zero-order chi connectivity index (χ0) is 19.4. The van der Waals surface area contributed by atoms with Gasteiger partial charge in [-0.3, -0.25) is 9.59 Å². The molecule has 1 aromatic carbocycles. The highest BCUT2D eigenvalue weighted by molar-refractivity contribution is 9.10. The Morgan fingerprint density at radius 3 is 2.30 bits per heavy atom. The van der Waals surface area contributed by atoms with Gasteiger partial charge in [0.15, 0.2) is 0 Å². The number of carbonyl (C=O) groups excluding carboxylic acids is 2. The third-order valence-corrected chi connectivity index (χ3v) is 6.34. The number of hydrogen-bond acceptors (Lipinski definition) is 3. The van der Waals surface area contributed by atoms with Crippen LogP contribution in [0.3, 0.4) is 0 Å². The second-order valence-electron chi connectivity index (χ2n) is 7.93. The van der Waals surface area contributed by atoms with Crippen molar-refractivity contribution in [3.05, 3.63) is 34.3 Å². The van der Waals surface area contributed by atoms with Crippen molar-refractivity contribution in [3.63, 3.8) is 0 Å². The first-order chi connectivity index (χ1) is 12.9. The highest BCUT2D eigenvalue weighted by Crippen LogP contribution is 2.36. The van der Waals surface area contributed by atoms with Crippen molar-refractivity contribution in [2.24, 2.45) is 5.92 Å². The van der Waals surface area contributed by atoms with Crippen molar-refractivity contribution in [1.29, 1.82) is 0 Å². The molecular weight excluding hydrogens is 408 g/mol. The van der Waals surface area contributed by atoms with E-state index in [2.05, 4.69) is 21.2 Å². The quantitative estimate of drug-likeness (QED) is 0.787. The molecular formula is C21H29BrN2O3. The van der Waals surface area contributed by atoms with Crippen molar-refractivity contribution in [2.75, 3.05) is 26.3 Å². The lowest BCUT2D eigenvalue weighted by atomic mass is 9.73. The Kier molecular flexibility index (Phi) is 6.58. The van der Waals surface area contributed by atoms with E-state index in [9.17, 15) is 9.59 Å². The zero-order valence-electron chi connectivity index (χ0n) is 16.2. The summed E-state index contributed by atoms with van der Waals surface area (Å²) in [5.74, 6) is 0.330. The Hall–Kier alpha value is -1.40. The molecule has 2 saturated heterocycles. The average molecular weight is 437 g/mol. The molecule has 1 N–H and O–H groups in total. The summed E-state index contributed by atoms with van der Waals surface area (Å²) in [6.07, 6.45) is 3.03. The molecule has 148 valence electrons. The molecule has 0 bridgehead atoms. The summed E-state index contributed by atoms with van der Waals surface area (Å²) in [6.45, 7) is 6.51. The molecule has 0 spiro atoms. The maximum Gasteiger partial charge on any atom is 0.231 e. The van der Waals surface area contributed by atoms with Crippen LogP contribution in [0.5, 0.6) is 0 Å². The fourth-order valence-corrected chi connectivity index (χ4v) is 4.33. The van der Waals surface area contributed by atoms with E-state index in [1.54, 1.807) is 0 Å². The fourth-order valence-electron chi connectivity index (χ4n) is 4.07. The molecule has 6 heteroatoms. The van der Waals surface area contributed by atoms with Crippen LogP contribution < -0.4 is 5.32 Å². The van der Waals surface area contributed by atoms with Gasteiger partial charge in [0.1, 0.15) is 0 Å². The van der Waals surface area contributed by atoms with E-state index in [0.29, 0.717) is 26.1 Å². The van der Waals surface area contributed by atoms with Crippen molar-refractivity contribution in [2.45, 2.75) is 51.0 Å². The van der Waals surface area contributed by atoms with Crippen LogP contribution in [0.2, 0.25) is 0 Å². The number of carbonyl (C=O) groups is 2. The molecule has 0 saturated carbocycles. The van der Waals surface area contributed by atoms with Gasteiger partial charge in [-0.25, -0.2) is 0 Å². The Bertz CT molecular complexity index is 661. The predicted molar refractivity (Wildman–Crippen MR) is 108 cm³/mol. The van der Waals surface area contributed by atoms with Gasteiger partial charge in [-0.05, 0) is 43.4 Å². The summed E-state index contributed by atoms with van der Waals surface area (Å²) < 4.78 is 6.55. The summed E-state index contributed by atoms with van der Waals surface area (Å²) >= 11 is 3.47. The van der Waals surface area contributed by atoms with Crippen LogP contribution in [-0.2, 0) is 19.7 Å². The van der Waals surface area contributed by atoms with Gasteiger partial charge in [0, 0.05) is 42.7 Å². The van der Waals surface area contributed by atoms with Crippen molar-refractivity contribution in [3.8, 4) is 0 Å². The van der Waals surface area contributed by atoms with Gasteiger partial charge in [-0.2, -0.15) is 0 Å². The molecule has 3 rings (SSSR count). The summed E-state index contributed by atoms with van der Waals surface area (Å²) in [5, 5.41) is 3.29. The first-order valence-electron chi connectivity index (χ1n) is 9.86. The minimum atomic E-state index is -0.524. The van der Waals surface area contributed by atoms with Crippen molar-refractivity contribution in [1.82, 2.24) is 10.2 Å². The van der Waals surface area contributed by atoms with Crippen LogP contribution in [-0.4, -0.2) is 49.1 Å².